The lowest BCUT2D eigenvalue weighted by Crippen LogP contribution is -2.54. The standard InChI is InChI=1S/C11H18N4O/c1-11(10(12)16,14-9-3-4-9)5-8-15-7-2-6-13-15/h2,6-7,9,14H,3-5,8H2,1H3,(H2,12,16). The van der Waals surface area contributed by atoms with Crippen LogP contribution in [0.15, 0.2) is 18.5 Å². The Morgan fingerprint density at radius 3 is 2.94 bits per heavy atom. The Labute approximate surface area is 95.0 Å². The van der Waals surface area contributed by atoms with Crippen molar-refractivity contribution in [3.63, 3.8) is 0 Å². The van der Waals surface area contributed by atoms with Crippen molar-refractivity contribution in [1.29, 1.82) is 0 Å². The van der Waals surface area contributed by atoms with Crippen LogP contribution in [-0.4, -0.2) is 27.3 Å². The van der Waals surface area contributed by atoms with Crippen LogP contribution in [0.3, 0.4) is 0 Å². The van der Waals surface area contributed by atoms with Gasteiger partial charge in [-0.25, -0.2) is 0 Å². The van der Waals surface area contributed by atoms with Crippen molar-refractivity contribution in [2.45, 2.75) is 44.3 Å². The summed E-state index contributed by atoms with van der Waals surface area (Å²) in [5.41, 5.74) is 4.84. The van der Waals surface area contributed by atoms with Crippen molar-refractivity contribution in [2.24, 2.45) is 5.73 Å². The third kappa shape index (κ3) is 2.61. The lowest BCUT2D eigenvalue weighted by atomic mass is 9.96. The molecule has 1 atom stereocenters. The average molecular weight is 222 g/mol. The molecule has 88 valence electrons. The van der Waals surface area contributed by atoms with Crippen LogP contribution in [0, 0.1) is 0 Å². The minimum absolute atomic E-state index is 0.286. The second-order valence-corrected chi connectivity index (χ2v) is 4.63. The number of rotatable bonds is 6. The van der Waals surface area contributed by atoms with Gasteiger partial charge in [0.05, 0.1) is 5.54 Å². The zero-order chi connectivity index (χ0) is 11.6. The summed E-state index contributed by atoms with van der Waals surface area (Å²) in [7, 11) is 0. The predicted octanol–water partition coefficient (Wildman–Crippen LogP) is 0.269. The van der Waals surface area contributed by atoms with Gasteiger partial charge >= 0.3 is 0 Å². The van der Waals surface area contributed by atoms with Gasteiger partial charge in [0, 0.05) is 25.0 Å². The molecule has 1 saturated carbocycles. The van der Waals surface area contributed by atoms with Crippen LogP contribution in [0.1, 0.15) is 26.2 Å². The van der Waals surface area contributed by atoms with Crippen molar-refractivity contribution >= 4 is 5.91 Å². The fourth-order valence-electron chi connectivity index (χ4n) is 1.72. The summed E-state index contributed by atoms with van der Waals surface area (Å²) in [6, 6.07) is 2.34. The average Bonchev–Trinajstić information content (AvgIpc) is 2.89. The second kappa shape index (κ2) is 4.25. The van der Waals surface area contributed by atoms with Gasteiger partial charge in [0.25, 0.3) is 0 Å². The summed E-state index contributed by atoms with van der Waals surface area (Å²) >= 11 is 0. The molecule has 0 bridgehead atoms. The Morgan fingerprint density at radius 2 is 2.44 bits per heavy atom. The van der Waals surface area contributed by atoms with E-state index in [0.29, 0.717) is 19.0 Å². The minimum Gasteiger partial charge on any atom is -0.368 e. The van der Waals surface area contributed by atoms with Crippen LogP contribution in [0.5, 0.6) is 0 Å². The van der Waals surface area contributed by atoms with Crippen molar-refractivity contribution < 1.29 is 4.79 Å². The summed E-state index contributed by atoms with van der Waals surface area (Å²) in [5, 5.41) is 7.42. The monoisotopic (exact) mass is 222 g/mol. The van der Waals surface area contributed by atoms with E-state index in [4.69, 9.17) is 5.73 Å². The summed E-state index contributed by atoms with van der Waals surface area (Å²) in [6.07, 6.45) is 6.57. The van der Waals surface area contributed by atoms with Crippen molar-refractivity contribution in [2.75, 3.05) is 0 Å². The van der Waals surface area contributed by atoms with Crippen LogP contribution in [0.4, 0.5) is 0 Å². The van der Waals surface area contributed by atoms with Gasteiger partial charge < -0.3 is 11.1 Å². The molecule has 0 aliphatic heterocycles. The third-order valence-corrected chi connectivity index (χ3v) is 3.04. The van der Waals surface area contributed by atoms with Gasteiger partial charge in [-0.15, -0.1) is 0 Å². The van der Waals surface area contributed by atoms with E-state index in [1.165, 1.54) is 0 Å². The molecule has 1 aliphatic carbocycles. The highest BCUT2D eigenvalue weighted by Crippen LogP contribution is 2.24. The number of carbonyl (C=O) groups excluding carboxylic acids is 1. The second-order valence-electron chi connectivity index (χ2n) is 4.63. The number of hydrogen-bond acceptors (Lipinski definition) is 3. The molecule has 3 N–H and O–H groups in total. The Balaban J connectivity index is 1.93. The van der Waals surface area contributed by atoms with Crippen LogP contribution < -0.4 is 11.1 Å². The first-order valence-electron chi connectivity index (χ1n) is 5.65. The molecule has 0 aromatic carbocycles. The van der Waals surface area contributed by atoms with Gasteiger partial charge in [-0.3, -0.25) is 9.48 Å². The maximum absolute atomic E-state index is 11.5. The molecule has 0 spiro atoms. The molecule has 1 unspecified atom stereocenters. The molecule has 5 nitrogen and oxygen atoms in total. The number of amides is 1. The Kier molecular flexibility index (Phi) is 2.96. The molecule has 16 heavy (non-hydrogen) atoms. The number of nitrogens with zero attached hydrogens (tertiary/aromatic N) is 2. The van der Waals surface area contributed by atoms with E-state index in [1.807, 2.05) is 23.9 Å². The topological polar surface area (TPSA) is 72.9 Å². The molecule has 1 fully saturated rings. The van der Waals surface area contributed by atoms with Gasteiger partial charge in [-0.1, -0.05) is 0 Å². The minimum atomic E-state index is -0.618. The van der Waals surface area contributed by atoms with E-state index < -0.39 is 5.54 Å². The largest absolute Gasteiger partial charge is 0.368 e. The van der Waals surface area contributed by atoms with Crippen LogP contribution in [-0.2, 0) is 11.3 Å². The quantitative estimate of drug-likeness (QED) is 0.725. The van der Waals surface area contributed by atoms with E-state index in [1.54, 1.807) is 6.20 Å². The first kappa shape index (κ1) is 11.1. The highest BCUT2D eigenvalue weighted by Gasteiger charge is 2.36. The van der Waals surface area contributed by atoms with Crippen molar-refractivity contribution in [3.05, 3.63) is 18.5 Å². The molecule has 5 heteroatoms. The van der Waals surface area contributed by atoms with Gasteiger partial charge in [0.2, 0.25) is 5.91 Å². The number of nitrogens with two attached hydrogens (primary N) is 1. The highest BCUT2D eigenvalue weighted by atomic mass is 16.1. The van der Waals surface area contributed by atoms with Gasteiger partial charge in [-0.05, 0) is 32.3 Å². The zero-order valence-electron chi connectivity index (χ0n) is 9.52. The molecule has 1 heterocycles. The van der Waals surface area contributed by atoms with E-state index in [2.05, 4.69) is 10.4 Å². The highest BCUT2D eigenvalue weighted by molar-refractivity contribution is 5.84. The SMILES string of the molecule is CC(CCn1cccn1)(NC1CC1)C(N)=O. The van der Waals surface area contributed by atoms with Crippen molar-refractivity contribution in [1.82, 2.24) is 15.1 Å². The number of hydrogen-bond donors (Lipinski definition) is 2. The van der Waals surface area contributed by atoms with Gasteiger partial charge in [0.15, 0.2) is 0 Å². The number of aromatic nitrogens is 2. The number of nitrogens with one attached hydrogen (secondary N) is 1. The number of aryl methyl sites for hydroxylation is 1. The van der Waals surface area contributed by atoms with Crippen LogP contribution in [0.2, 0.25) is 0 Å². The normalized spacial score (nSPS) is 19.3. The van der Waals surface area contributed by atoms with E-state index >= 15 is 0 Å². The summed E-state index contributed by atoms with van der Waals surface area (Å²) in [4.78, 5) is 11.5. The zero-order valence-corrected chi connectivity index (χ0v) is 9.52. The molecule has 1 amide bonds. The predicted molar refractivity (Wildman–Crippen MR) is 60.6 cm³/mol. The molecular formula is C11H18N4O. The Bertz CT molecular complexity index is 358. The van der Waals surface area contributed by atoms with Crippen molar-refractivity contribution in [3.8, 4) is 0 Å². The number of carbonyl (C=O) groups is 1. The summed E-state index contributed by atoms with van der Waals surface area (Å²) in [6.45, 7) is 2.57. The molecular weight excluding hydrogens is 204 g/mol. The molecule has 0 radical (unpaired) electrons. The van der Waals surface area contributed by atoms with E-state index in [0.717, 1.165) is 12.8 Å². The smallest absolute Gasteiger partial charge is 0.237 e. The lowest BCUT2D eigenvalue weighted by Gasteiger charge is -2.27. The first-order chi connectivity index (χ1) is 7.60. The van der Waals surface area contributed by atoms with Crippen LogP contribution >= 0.6 is 0 Å². The first-order valence-corrected chi connectivity index (χ1v) is 5.65. The third-order valence-electron chi connectivity index (χ3n) is 3.04. The maximum atomic E-state index is 11.5. The molecule has 1 aromatic heterocycles. The lowest BCUT2D eigenvalue weighted by molar-refractivity contribution is -0.124. The summed E-state index contributed by atoms with van der Waals surface area (Å²) in [5.74, 6) is -0.286. The fourth-order valence-corrected chi connectivity index (χ4v) is 1.72. The molecule has 1 aromatic rings. The fraction of sp³-hybridized carbons (Fsp3) is 0.636. The molecule has 2 rings (SSSR count). The number of primary amides is 1. The van der Waals surface area contributed by atoms with E-state index in [-0.39, 0.29) is 5.91 Å². The molecule has 0 saturated heterocycles. The Hall–Kier alpha value is -1.36. The van der Waals surface area contributed by atoms with Gasteiger partial charge in [0.1, 0.15) is 0 Å². The maximum Gasteiger partial charge on any atom is 0.237 e. The molecule has 1 aliphatic rings. The van der Waals surface area contributed by atoms with Crippen LogP contribution in [0.25, 0.3) is 0 Å². The van der Waals surface area contributed by atoms with Gasteiger partial charge in [-0.2, -0.15) is 5.10 Å². The summed E-state index contributed by atoms with van der Waals surface area (Å²) < 4.78 is 1.82. The Morgan fingerprint density at radius 1 is 1.69 bits per heavy atom. The van der Waals surface area contributed by atoms with E-state index in [9.17, 15) is 4.79 Å².